The number of para-hydroxylation sites is 2. The highest BCUT2D eigenvalue weighted by molar-refractivity contribution is 7.99. The van der Waals surface area contributed by atoms with Gasteiger partial charge in [-0.05, 0) is 44.2 Å². The molecule has 3 amide bonds. The largest absolute Gasteiger partial charge is 0.343 e. The van der Waals surface area contributed by atoms with Gasteiger partial charge in [-0.15, -0.1) is 11.8 Å². The molecule has 1 aliphatic heterocycles. The molecule has 1 heterocycles. The van der Waals surface area contributed by atoms with Crippen LogP contribution in [-0.2, 0) is 14.4 Å². The molecule has 0 aromatic heterocycles. The van der Waals surface area contributed by atoms with E-state index >= 15 is 0 Å². The van der Waals surface area contributed by atoms with Gasteiger partial charge in [-0.2, -0.15) is 0 Å². The van der Waals surface area contributed by atoms with Crippen LogP contribution in [0.3, 0.4) is 0 Å². The molecule has 34 heavy (non-hydrogen) atoms. The van der Waals surface area contributed by atoms with Gasteiger partial charge in [0.2, 0.25) is 11.8 Å². The van der Waals surface area contributed by atoms with Crippen LogP contribution in [-0.4, -0.2) is 59.4 Å². The van der Waals surface area contributed by atoms with Crippen molar-refractivity contribution < 1.29 is 14.4 Å². The molecule has 8 nitrogen and oxygen atoms in total. The number of hydrazine groups is 1. The van der Waals surface area contributed by atoms with Gasteiger partial charge in [0.15, 0.2) is 0 Å². The van der Waals surface area contributed by atoms with Crippen LogP contribution in [0.25, 0.3) is 0 Å². The van der Waals surface area contributed by atoms with Crippen LogP contribution in [0.5, 0.6) is 0 Å². The molecule has 182 valence electrons. The second kappa shape index (κ2) is 11.9. The predicted octanol–water partition coefficient (Wildman–Crippen LogP) is 2.51. The Bertz CT molecular complexity index is 934. The van der Waals surface area contributed by atoms with E-state index in [0.29, 0.717) is 11.6 Å². The minimum Gasteiger partial charge on any atom is -0.343 e. The summed E-state index contributed by atoms with van der Waals surface area (Å²) in [5.74, 6) is -0.0116. The van der Waals surface area contributed by atoms with Crippen molar-refractivity contribution in [3.63, 3.8) is 0 Å². The number of carbonyl (C=O) groups is 3. The molecule has 1 saturated heterocycles. The Balaban J connectivity index is 1.79. The molecule has 1 aliphatic rings. The molecule has 0 saturated carbocycles. The molecule has 3 atom stereocenters. The number of nitrogens with zero attached hydrogens (tertiary/aromatic N) is 2. The molecule has 3 N–H and O–H groups in total. The molecule has 0 bridgehead atoms. The molecule has 2 aromatic carbocycles. The van der Waals surface area contributed by atoms with Crippen molar-refractivity contribution in [2.75, 3.05) is 23.7 Å². The van der Waals surface area contributed by atoms with E-state index in [1.165, 1.54) is 11.8 Å². The Morgan fingerprint density at radius 1 is 0.971 bits per heavy atom. The quantitative estimate of drug-likeness (QED) is 0.475. The molecular formula is C25H33N5O3S. The van der Waals surface area contributed by atoms with Crippen molar-refractivity contribution in [2.45, 2.75) is 38.9 Å². The zero-order chi connectivity index (χ0) is 24.7. The predicted molar refractivity (Wildman–Crippen MR) is 136 cm³/mol. The smallest absolute Gasteiger partial charge is 0.262 e. The van der Waals surface area contributed by atoms with Gasteiger partial charge in [0.25, 0.3) is 5.91 Å². The first-order valence-corrected chi connectivity index (χ1v) is 12.6. The number of hydrogen-bond donors (Lipinski definition) is 3. The lowest BCUT2D eigenvalue weighted by molar-refractivity contribution is -0.142. The third-order valence-electron chi connectivity index (χ3n) is 5.78. The van der Waals surface area contributed by atoms with E-state index < -0.39 is 18.1 Å². The van der Waals surface area contributed by atoms with Gasteiger partial charge in [-0.25, -0.2) is 0 Å². The van der Waals surface area contributed by atoms with Crippen molar-refractivity contribution in [1.29, 1.82) is 0 Å². The molecule has 3 rings (SSSR count). The lowest BCUT2D eigenvalue weighted by Gasteiger charge is -2.32. The fourth-order valence-corrected chi connectivity index (χ4v) is 4.76. The maximum absolute atomic E-state index is 13.5. The van der Waals surface area contributed by atoms with E-state index in [-0.39, 0.29) is 23.6 Å². The molecule has 2 aromatic rings. The lowest BCUT2D eigenvalue weighted by Crippen LogP contribution is -2.58. The van der Waals surface area contributed by atoms with Crippen LogP contribution in [0.15, 0.2) is 60.7 Å². The van der Waals surface area contributed by atoms with Gasteiger partial charge in [-0.3, -0.25) is 24.8 Å². The van der Waals surface area contributed by atoms with Crippen LogP contribution >= 0.6 is 11.8 Å². The number of carbonyl (C=O) groups excluding carboxylic acids is 3. The van der Waals surface area contributed by atoms with Crippen LogP contribution in [0, 0.1) is 5.92 Å². The van der Waals surface area contributed by atoms with Gasteiger partial charge in [0.1, 0.15) is 12.1 Å². The average Bonchev–Trinajstić information content (AvgIpc) is 3.35. The molecular weight excluding hydrogens is 450 g/mol. The lowest BCUT2D eigenvalue weighted by atomic mass is 10.0. The summed E-state index contributed by atoms with van der Waals surface area (Å²) in [4.78, 5) is 40.9. The van der Waals surface area contributed by atoms with Crippen LogP contribution in [0.4, 0.5) is 11.4 Å². The highest BCUT2D eigenvalue weighted by Gasteiger charge is 2.40. The van der Waals surface area contributed by atoms with E-state index in [4.69, 9.17) is 0 Å². The van der Waals surface area contributed by atoms with Gasteiger partial charge >= 0.3 is 0 Å². The Kier molecular flexibility index (Phi) is 8.95. The van der Waals surface area contributed by atoms with E-state index in [0.717, 1.165) is 11.4 Å². The standard InChI is InChI=1S/C25H33N5O3S/c1-17(2)22(27-23(31)18(3)26-4)25(33)29-16-34-15-21(29)24(32)28-30(19-11-7-5-8-12-19)20-13-9-6-10-14-20/h5-14,17-18,21-22,26H,15-16H2,1-4H3,(H,27,31)(H,28,32). The fraction of sp³-hybridized carbons (Fsp3) is 0.400. The maximum Gasteiger partial charge on any atom is 0.262 e. The van der Waals surface area contributed by atoms with Gasteiger partial charge in [0.05, 0.1) is 23.3 Å². The number of anilines is 2. The van der Waals surface area contributed by atoms with E-state index in [1.807, 2.05) is 74.5 Å². The van der Waals surface area contributed by atoms with E-state index in [9.17, 15) is 14.4 Å². The molecule has 0 spiro atoms. The third kappa shape index (κ3) is 6.09. The molecule has 9 heteroatoms. The summed E-state index contributed by atoms with van der Waals surface area (Å²) in [6, 6.07) is 17.3. The number of nitrogens with one attached hydrogen (secondary N) is 3. The van der Waals surface area contributed by atoms with Crippen molar-refractivity contribution in [3.8, 4) is 0 Å². The van der Waals surface area contributed by atoms with Crippen LogP contribution < -0.4 is 21.1 Å². The minimum atomic E-state index is -0.711. The Labute approximate surface area is 205 Å². The summed E-state index contributed by atoms with van der Waals surface area (Å²) in [5, 5.41) is 7.46. The monoisotopic (exact) mass is 483 g/mol. The van der Waals surface area contributed by atoms with E-state index in [2.05, 4.69) is 16.1 Å². The Morgan fingerprint density at radius 2 is 1.53 bits per heavy atom. The number of hydrogen-bond acceptors (Lipinski definition) is 6. The Hall–Kier alpha value is -3.04. The second-order valence-corrected chi connectivity index (χ2v) is 9.55. The molecule has 3 unspecified atom stereocenters. The SMILES string of the molecule is CNC(C)C(=O)NC(C(=O)N1CSCC1C(=O)NN(c1ccccc1)c1ccccc1)C(C)C. The molecule has 1 fully saturated rings. The maximum atomic E-state index is 13.5. The van der Waals surface area contributed by atoms with Gasteiger partial charge < -0.3 is 15.5 Å². The number of benzene rings is 2. The van der Waals surface area contributed by atoms with Crippen LogP contribution in [0.2, 0.25) is 0 Å². The summed E-state index contributed by atoms with van der Waals surface area (Å²) in [6.07, 6.45) is 0. The zero-order valence-corrected chi connectivity index (χ0v) is 20.8. The van der Waals surface area contributed by atoms with Gasteiger partial charge in [0, 0.05) is 5.75 Å². The highest BCUT2D eigenvalue weighted by atomic mass is 32.2. The number of amides is 3. The van der Waals surface area contributed by atoms with Crippen molar-refractivity contribution in [1.82, 2.24) is 21.0 Å². The first kappa shape index (κ1) is 25.6. The first-order valence-electron chi connectivity index (χ1n) is 11.4. The molecule has 0 radical (unpaired) electrons. The van der Waals surface area contributed by atoms with Gasteiger partial charge in [-0.1, -0.05) is 50.2 Å². The molecule has 0 aliphatic carbocycles. The van der Waals surface area contributed by atoms with Crippen molar-refractivity contribution >= 4 is 40.9 Å². The third-order valence-corrected chi connectivity index (χ3v) is 6.79. The highest BCUT2D eigenvalue weighted by Crippen LogP contribution is 2.26. The minimum absolute atomic E-state index is 0.125. The zero-order valence-electron chi connectivity index (χ0n) is 20.0. The average molecular weight is 484 g/mol. The summed E-state index contributed by atoms with van der Waals surface area (Å²) in [6.45, 7) is 5.51. The Morgan fingerprint density at radius 3 is 2.03 bits per heavy atom. The summed E-state index contributed by atoms with van der Waals surface area (Å²) in [7, 11) is 1.69. The normalized spacial score (nSPS) is 17.2. The summed E-state index contributed by atoms with van der Waals surface area (Å²) >= 11 is 1.53. The first-order chi connectivity index (χ1) is 16.3. The van der Waals surface area contributed by atoms with Crippen molar-refractivity contribution in [2.24, 2.45) is 5.92 Å². The van der Waals surface area contributed by atoms with Crippen LogP contribution in [0.1, 0.15) is 20.8 Å². The topological polar surface area (TPSA) is 93.8 Å². The summed E-state index contributed by atoms with van der Waals surface area (Å²) < 4.78 is 0. The second-order valence-electron chi connectivity index (χ2n) is 8.55. The summed E-state index contributed by atoms with van der Waals surface area (Å²) in [5.41, 5.74) is 4.61. The van der Waals surface area contributed by atoms with Crippen molar-refractivity contribution in [3.05, 3.63) is 60.7 Å². The number of thioether (sulfide) groups is 1. The fourth-order valence-electron chi connectivity index (χ4n) is 3.60. The number of rotatable bonds is 9. The number of likely N-dealkylation sites (N-methyl/N-ethyl adjacent to an activating group) is 1. The van der Waals surface area contributed by atoms with E-state index in [1.54, 1.807) is 23.9 Å².